The Balaban J connectivity index is 2.32. The van der Waals surface area contributed by atoms with Crippen LogP contribution < -0.4 is 0 Å². The zero-order chi connectivity index (χ0) is 3.58. The smallest absolute Gasteiger partial charge is 0.0513 e. The molecule has 1 atom stereocenters. The van der Waals surface area contributed by atoms with Gasteiger partial charge in [0.25, 0.3) is 0 Å². The fourth-order valence-corrected chi connectivity index (χ4v) is 0. The van der Waals surface area contributed by atoms with Gasteiger partial charge in [0.05, 0.1) is 6.10 Å². The SMILES string of the molecule is [CH2][C@H](C)O. The lowest BCUT2D eigenvalue weighted by Crippen LogP contribution is -1.86. The minimum atomic E-state index is -0.417. The van der Waals surface area contributed by atoms with Crippen LogP contribution >= 0.6 is 0 Å². The molecule has 0 aromatic carbocycles. The Morgan fingerprint density at radius 3 is 2.00 bits per heavy atom. The third kappa shape index (κ3) is 1130. The molecule has 1 heteroatoms. The molecule has 0 fully saturated rings. The van der Waals surface area contributed by atoms with Crippen LogP contribution in [0.4, 0.5) is 0 Å². The molecule has 0 aliphatic rings. The van der Waals surface area contributed by atoms with Gasteiger partial charge in [-0.2, -0.15) is 0 Å². The molecule has 0 bridgehead atoms. The van der Waals surface area contributed by atoms with Crippen molar-refractivity contribution in [1.29, 1.82) is 0 Å². The average molecular weight is 59.1 g/mol. The van der Waals surface area contributed by atoms with Gasteiger partial charge < -0.3 is 5.11 Å². The molecule has 0 aromatic rings. The molecule has 0 rings (SSSR count). The van der Waals surface area contributed by atoms with E-state index in [1.54, 1.807) is 6.92 Å². The van der Waals surface area contributed by atoms with Crippen molar-refractivity contribution in [1.82, 2.24) is 0 Å². The molecule has 25 valence electrons. The van der Waals surface area contributed by atoms with Crippen molar-refractivity contribution in [3.63, 3.8) is 0 Å². The zero-order valence-corrected chi connectivity index (χ0v) is 2.73. The van der Waals surface area contributed by atoms with Gasteiger partial charge in [0.1, 0.15) is 0 Å². The second-order valence-corrected chi connectivity index (χ2v) is 0.849. The zero-order valence-electron chi connectivity index (χ0n) is 2.73. The first-order valence-electron chi connectivity index (χ1n) is 1.24. The second-order valence-electron chi connectivity index (χ2n) is 0.849. The number of aliphatic hydroxyl groups excluding tert-OH is 1. The van der Waals surface area contributed by atoms with E-state index in [4.69, 9.17) is 5.11 Å². The highest BCUT2D eigenvalue weighted by atomic mass is 16.3. The molecule has 0 saturated carbocycles. The summed E-state index contributed by atoms with van der Waals surface area (Å²) in [7, 11) is 0. The van der Waals surface area contributed by atoms with E-state index >= 15 is 0 Å². The van der Waals surface area contributed by atoms with E-state index in [1.807, 2.05) is 0 Å². The molecule has 1 nitrogen and oxygen atoms in total. The van der Waals surface area contributed by atoms with Gasteiger partial charge in [-0.05, 0) is 13.8 Å². The van der Waals surface area contributed by atoms with E-state index in [0.717, 1.165) is 0 Å². The van der Waals surface area contributed by atoms with Gasteiger partial charge in [-0.1, -0.05) is 0 Å². The molecule has 1 radical (unpaired) electrons. The number of hydrogen-bond donors (Lipinski definition) is 1. The predicted molar refractivity (Wildman–Crippen MR) is 17.0 cm³/mol. The van der Waals surface area contributed by atoms with E-state index in [-0.39, 0.29) is 0 Å². The summed E-state index contributed by atoms with van der Waals surface area (Å²) in [5, 5.41) is 7.94. The quantitative estimate of drug-likeness (QED) is 0.422. The lowest BCUT2D eigenvalue weighted by atomic mass is 10.5. The Kier molecular flexibility index (Phi) is 1.28. The van der Waals surface area contributed by atoms with Gasteiger partial charge in [0, 0.05) is 0 Å². The third-order valence-corrected chi connectivity index (χ3v) is 0. The number of rotatable bonds is 0. The van der Waals surface area contributed by atoms with E-state index in [2.05, 4.69) is 6.92 Å². The normalized spacial score (nSPS) is 9.00. The molecule has 4 heavy (non-hydrogen) atoms. The highest BCUT2D eigenvalue weighted by Crippen LogP contribution is 1.63. The highest BCUT2D eigenvalue weighted by molar-refractivity contribution is 4.40. The Labute approximate surface area is 26.3 Å². The van der Waals surface area contributed by atoms with Crippen molar-refractivity contribution in [2.45, 2.75) is 13.0 Å². The van der Waals surface area contributed by atoms with E-state index < -0.39 is 6.10 Å². The van der Waals surface area contributed by atoms with Crippen LogP contribution in [0, 0.1) is 6.92 Å². The molecule has 0 heterocycles. The van der Waals surface area contributed by atoms with E-state index in [1.165, 1.54) is 0 Å². The van der Waals surface area contributed by atoms with Crippen molar-refractivity contribution >= 4 is 0 Å². The summed E-state index contributed by atoms with van der Waals surface area (Å²) in [6.45, 7) is 4.81. The summed E-state index contributed by atoms with van der Waals surface area (Å²) >= 11 is 0. The first-order chi connectivity index (χ1) is 1.73. The van der Waals surface area contributed by atoms with Crippen LogP contribution in [-0.2, 0) is 0 Å². The molecular formula is C3H7O. The summed E-state index contributed by atoms with van der Waals surface area (Å²) in [6, 6.07) is 0. The maximum absolute atomic E-state index is 7.94. The summed E-state index contributed by atoms with van der Waals surface area (Å²) in [4.78, 5) is 0. The van der Waals surface area contributed by atoms with Crippen LogP contribution in [0.2, 0.25) is 0 Å². The van der Waals surface area contributed by atoms with Crippen molar-refractivity contribution in [3.05, 3.63) is 6.92 Å². The minimum absolute atomic E-state index is 0.417. The van der Waals surface area contributed by atoms with Gasteiger partial charge in [-0.25, -0.2) is 0 Å². The minimum Gasteiger partial charge on any atom is -0.393 e. The molecule has 0 saturated heterocycles. The fourth-order valence-electron chi connectivity index (χ4n) is 0. The third-order valence-electron chi connectivity index (χ3n) is 0. The lowest BCUT2D eigenvalue weighted by Gasteiger charge is -1.79. The predicted octanol–water partition coefficient (Wildman–Crippen LogP) is 0.201. The van der Waals surface area contributed by atoms with Crippen LogP contribution in [0.1, 0.15) is 6.92 Å². The summed E-state index contributed by atoms with van der Waals surface area (Å²) in [6.07, 6.45) is -0.417. The summed E-state index contributed by atoms with van der Waals surface area (Å²) in [5.41, 5.74) is 0. The van der Waals surface area contributed by atoms with Gasteiger partial charge in [-0.3, -0.25) is 0 Å². The Morgan fingerprint density at radius 1 is 2.00 bits per heavy atom. The molecule has 0 aliphatic carbocycles. The molecule has 0 aromatic heterocycles. The molecule has 0 unspecified atom stereocenters. The molecule has 0 aliphatic heterocycles. The lowest BCUT2D eigenvalue weighted by molar-refractivity contribution is 0.241. The largest absolute Gasteiger partial charge is 0.393 e. The van der Waals surface area contributed by atoms with Gasteiger partial charge in [0.15, 0.2) is 0 Å². The second kappa shape index (κ2) is 1.30. The monoisotopic (exact) mass is 59.0 g/mol. The van der Waals surface area contributed by atoms with Crippen LogP contribution in [0.3, 0.4) is 0 Å². The van der Waals surface area contributed by atoms with Crippen LogP contribution in [-0.4, -0.2) is 11.2 Å². The Morgan fingerprint density at radius 2 is 2.00 bits per heavy atom. The maximum atomic E-state index is 7.94. The maximum Gasteiger partial charge on any atom is 0.0513 e. The average Bonchev–Trinajstić information content (AvgIpc) is 0.811. The summed E-state index contributed by atoms with van der Waals surface area (Å²) in [5.74, 6) is 0. The fraction of sp³-hybridized carbons (Fsp3) is 0.667. The molecule has 1 N–H and O–H groups in total. The number of aliphatic hydroxyl groups is 1. The molecular weight excluding hydrogens is 52.0 g/mol. The van der Waals surface area contributed by atoms with Gasteiger partial charge in [-0.15, -0.1) is 0 Å². The van der Waals surface area contributed by atoms with Crippen LogP contribution in [0.15, 0.2) is 0 Å². The van der Waals surface area contributed by atoms with E-state index in [0.29, 0.717) is 0 Å². The topological polar surface area (TPSA) is 20.2 Å². The van der Waals surface area contributed by atoms with Crippen molar-refractivity contribution in [3.8, 4) is 0 Å². The highest BCUT2D eigenvalue weighted by Gasteiger charge is 1.69. The van der Waals surface area contributed by atoms with Crippen molar-refractivity contribution in [2.24, 2.45) is 0 Å². The Bertz CT molecular complexity index is 8.00. The standard InChI is InChI=1S/C3H7O/c1-3(2)4/h3-4H,1H2,2H3/t3-/m1/s1. The first kappa shape index (κ1) is 3.96. The van der Waals surface area contributed by atoms with Crippen LogP contribution in [0.5, 0.6) is 0 Å². The van der Waals surface area contributed by atoms with Crippen molar-refractivity contribution < 1.29 is 5.11 Å². The first-order valence-corrected chi connectivity index (χ1v) is 1.24. The van der Waals surface area contributed by atoms with Crippen molar-refractivity contribution in [2.75, 3.05) is 0 Å². The number of hydrogen-bond acceptors (Lipinski definition) is 1. The van der Waals surface area contributed by atoms with Gasteiger partial charge in [0.2, 0.25) is 0 Å². The summed E-state index contributed by atoms with van der Waals surface area (Å²) < 4.78 is 0. The van der Waals surface area contributed by atoms with Gasteiger partial charge >= 0.3 is 0 Å². The Hall–Kier alpha value is -0.0400. The molecule has 0 amide bonds. The van der Waals surface area contributed by atoms with E-state index in [9.17, 15) is 0 Å². The molecule has 0 spiro atoms. The van der Waals surface area contributed by atoms with Crippen LogP contribution in [0.25, 0.3) is 0 Å².